The van der Waals surface area contributed by atoms with Gasteiger partial charge in [-0.25, -0.2) is 9.59 Å². The first-order valence-electron chi connectivity index (χ1n) is 13.8. The van der Waals surface area contributed by atoms with Crippen LogP contribution in [-0.2, 0) is 50.0 Å². The number of aliphatic carboxylic acids is 2. The minimum absolute atomic E-state index is 0.0241. The predicted octanol–water partition coefficient (Wildman–Crippen LogP) is 1.80. The number of hydrogen-bond donors (Lipinski definition) is 3. The van der Waals surface area contributed by atoms with E-state index in [1.807, 2.05) is 12.1 Å². The summed E-state index contributed by atoms with van der Waals surface area (Å²) in [6, 6.07) is 3.84. The number of ether oxygens (including phenoxy) is 5. The minimum atomic E-state index is -1.95. The van der Waals surface area contributed by atoms with Crippen LogP contribution in [0.15, 0.2) is 24.0 Å². The quantitative estimate of drug-likeness (QED) is 0.251. The summed E-state index contributed by atoms with van der Waals surface area (Å²) in [5.41, 5.74) is 0.115. The SMILES string of the molecule is COc1ccc2c3c1O[C@H]1C(OC(=O)CCC(=O)O[C@@H](C)C(=O)O[C@H](CC(=O)O)C(=O)O)=CC[C@@]4(O)[C@H](CCC[C@]314)C2. The Balaban J connectivity index is 1.23. The molecule has 4 aliphatic rings. The number of benzene rings is 1. The predicted molar refractivity (Wildman–Crippen MR) is 138 cm³/mol. The van der Waals surface area contributed by atoms with E-state index in [-0.39, 0.29) is 18.1 Å². The number of hydrogen-bond acceptors (Lipinski definition) is 11. The van der Waals surface area contributed by atoms with Gasteiger partial charge in [0.05, 0.1) is 37.4 Å². The van der Waals surface area contributed by atoms with Gasteiger partial charge in [0.2, 0.25) is 6.10 Å². The molecule has 13 nitrogen and oxygen atoms in total. The normalized spacial score (nSPS) is 27.7. The molecular formula is C29H32O13. The molecule has 0 radical (unpaired) electrons. The summed E-state index contributed by atoms with van der Waals surface area (Å²) < 4.78 is 27.2. The van der Waals surface area contributed by atoms with Crippen LogP contribution in [-0.4, -0.2) is 76.2 Å². The lowest BCUT2D eigenvalue weighted by molar-refractivity contribution is -0.178. The number of methoxy groups -OCH3 is 1. The average molecular weight is 589 g/mol. The van der Waals surface area contributed by atoms with E-state index in [0.29, 0.717) is 24.3 Å². The number of rotatable bonds is 11. The molecule has 3 N–H and O–H groups in total. The molecule has 0 unspecified atom stereocenters. The van der Waals surface area contributed by atoms with E-state index in [1.165, 1.54) is 7.11 Å². The van der Waals surface area contributed by atoms with Gasteiger partial charge < -0.3 is 39.0 Å². The van der Waals surface area contributed by atoms with Crippen molar-refractivity contribution in [2.24, 2.45) is 5.92 Å². The highest BCUT2D eigenvalue weighted by atomic mass is 16.6. The van der Waals surface area contributed by atoms with Crippen molar-refractivity contribution in [3.05, 3.63) is 35.1 Å². The average Bonchev–Trinajstić information content (AvgIpc) is 3.27. The summed E-state index contributed by atoms with van der Waals surface area (Å²) in [7, 11) is 1.54. The maximum absolute atomic E-state index is 12.8. The van der Waals surface area contributed by atoms with Crippen LogP contribution in [0.1, 0.15) is 63.0 Å². The molecule has 0 amide bonds. The molecule has 13 heteroatoms. The van der Waals surface area contributed by atoms with Gasteiger partial charge >= 0.3 is 29.8 Å². The molecule has 1 saturated carbocycles. The smallest absolute Gasteiger partial charge is 0.348 e. The fraction of sp³-hybridized carbons (Fsp3) is 0.552. The van der Waals surface area contributed by atoms with Crippen LogP contribution in [0.2, 0.25) is 0 Å². The first-order chi connectivity index (χ1) is 19.9. The Hall–Kier alpha value is -4.13. The minimum Gasteiger partial charge on any atom is -0.493 e. The zero-order valence-electron chi connectivity index (χ0n) is 23.1. The van der Waals surface area contributed by atoms with Crippen molar-refractivity contribution in [1.29, 1.82) is 0 Å². The number of carboxylic acid groups (broad SMARTS) is 2. The Bertz CT molecular complexity index is 1370. The van der Waals surface area contributed by atoms with Crippen molar-refractivity contribution >= 4 is 29.8 Å². The molecule has 2 bridgehead atoms. The Labute approximate surface area is 240 Å². The molecule has 3 aliphatic carbocycles. The summed E-state index contributed by atoms with van der Waals surface area (Å²) in [4.78, 5) is 59.1. The van der Waals surface area contributed by atoms with E-state index in [9.17, 15) is 29.1 Å². The molecule has 0 aromatic heterocycles. The maximum atomic E-state index is 12.8. The molecule has 5 rings (SSSR count). The maximum Gasteiger partial charge on any atom is 0.348 e. The van der Waals surface area contributed by atoms with Crippen LogP contribution >= 0.6 is 0 Å². The summed E-state index contributed by atoms with van der Waals surface area (Å²) in [5, 5.41) is 29.9. The number of carbonyl (C=O) groups is 5. The van der Waals surface area contributed by atoms with Crippen molar-refractivity contribution < 1.29 is 63.0 Å². The van der Waals surface area contributed by atoms with Gasteiger partial charge in [0.25, 0.3) is 0 Å². The number of carboxylic acids is 2. The first-order valence-corrected chi connectivity index (χ1v) is 13.8. The summed E-state index contributed by atoms with van der Waals surface area (Å²) >= 11 is 0. The Morgan fingerprint density at radius 2 is 1.83 bits per heavy atom. The first kappa shape index (κ1) is 29.4. The highest BCUT2D eigenvalue weighted by molar-refractivity contribution is 5.85. The Kier molecular flexibility index (Phi) is 7.64. The van der Waals surface area contributed by atoms with Gasteiger partial charge in [-0.1, -0.05) is 12.5 Å². The highest BCUT2D eigenvalue weighted by Crippen LogP contribution is 2.67. The topological polar surface area (TPSA) is 192 Å². The number of carbonyl (C=O) groups excluding carboxylic acids is 3. The fourth-order valence-corrected chi connectivity index (χ4v) is 6.95. The van der Waals surface area contributed by atoms with Crippen LogP contribution in [0.25, 0.3) is 0 Å². The van der Waals surface area contributed by atoms with Crippen molar-refractivity contribution in [2.75, 3.05) is 7.11 Å². The van der Waals surface area contributed by atoms with E-state index in [1.54, 1.807) is 6.08 Å². The molecule has 0 saturated heterocycles. The monoisotopic (exact) mass is 588 g/mol. The molecule has 1 fully saturated rings. The Morgan fingerprint density at radius 3 is 2.52 bits per heavy atom. The van der Waals surface area contributed by atoms with E-state index in [2.05, 4.69) is 4.74 Å². The van der Waals surface area contributed by atoms with E-state index < -0.39 is 78.4 Å². The van der Waals surface area contributed by atoms with Gasteiger partial charge in [-0.15, -0.1) is 0 Å². The van der Waals surface area contributed by atoms with E-state index in [0.717, 1.165) is 30.9 Å². The van der Waals surface area contributed by atoms with Crippen LogP contribution in [0.5, 0.6) is 11.5 Å². The van der Waals surface area contributed by atoms with Gasteiger partial charge in [-0.05, 0) is 56.2 Å². The van der Waals surface area contributed by atoms with Crippen molar-refractivity contribution in [3.63, 3.8) is 0 Å². The van der Waals surface area contributed by atoms with Gasteiger partial charge in [0.15, 0.2) is 23.7 Å². The Morgan fingerprint density at radius 1 is 1.10 bits per heavy atom. The van der Waals surface area contributed by atoms with Crippen LogP contribution in [0.4, 0.5) is 0 Å². The van der Waals surface area contributed by atoms with Crippen molar-refractivity contribution in [3.8, 4) is 11.5 Å². The summed E-state index contributed by atoms with van der Waals surface area (Å²) in [5.74, 6) is -4.76. The zero-order chi connectivity index (χ0) is 30.4. The molecule has 1 spiro atoms. The third kappa shape index (κ3) is 4.75. The third-order valence-electron chi connectivity index (χ3n) is 8.77. The van der Waals surface area contributed by atoms with Gasteiger partial charge in [0.1, 0.15) is 5.76 Å². The molecule has 1 aliphatic heterocycles. The molecule has 1 heterocycles. The lowest BCUT2D eigenvalue weighted by atomic mass is 9.47. The second-order valence-electron chi connectivity index (χ2n) is 11.1. The largest absolute Gasteiger partial charge is 0.493 e. The third-order valence-corrected chi connectivity index (χ3v) is 8.77. The highest BCUT2D eigenvalue weighted by Gasteiger charge is 2.70. The molecule has 226 valence electrons. The van der Waals surface area contributed by atoms with Gasteiger partial charge in [-0.2, -0.15) is 0 Å². The van der Waals surface area contributed by atoms with Crippen molar-refractivity contribution in [2.45, 2.75) is 87.6 Å². The van der Waals surface area contributed by atoms with Crippen LogP contribution < -0.4 is 9.47 Å². The lowest BCUT2D eigenvalue weighted by Gasteiger charge is -2.59. The zero-order valence-corrected chi connectivity index (χ0v) is 23.1. The van der Waals surface area contributed by atoms with Crippen LogP contribution in [0, 0.1) is 5.92 Å². The molecular weight excluding hydrogens is 556 g/mol. The fourth-order valence-electron chi connectivity index (χ4n) is 6.95. The van der Waals surface area contributed by atoms with E-state index in [4.69, 9.17) is 29.2 Å². The second kappa shape index (κ2) is 10.9. The second-order valence-corrected chi connectivity index (χ2v) is 11.1. The van der Waals surface area contributed by atoms with Crippen LogP contribution in [0.3, 0.4) is 0 Å². The molecule has 1 aromatic carbocycles. The van der Waals surface area contributed by atoms with Gasteiger partial charge in [0, 0.05) is 5.56 Å². The molecule has 6 atom stereocenters. The van der Waals surface area contributed by atoms with Crippen molar-refractivity contribution in [1.82, 2.24) is 0 Å². The summed E-state index contributed by atoms with van der Waals surface area (Å²) in [6.07, 6.45) is -1.01. The standard InChI is InChI=1S/C29H32O13/c1-14(27(36)41-19(26(34)35)13-20(30)31)39-21(32)7-8-22(33)40-18-9-11-29(37)16-4-3-10-28(29)23-15(12-16)5-6-17(38-2)24(23)42-25(18)28/h5-6,9,14,16,19,25,37H,3-4,7-8,10-13H2,1-2H3,(H,30,31)(H,34,35)/t14-,16+,19+,25-,28-,29+/m0/s1. The molecule has 1 aromatic rings. The molecule has 42 heavy (non-hydrogen) atoms. The lowest BCUT2D eigenvalue weighted by Crippen LogP contribution is -2.67. The van der Waals surface area contributed by atoms with Gasteiger partial charge in [-0.3, -0.25) is 14.4 Å². The number of esters is 3. The summed E-state index contributed by atoms with van der Waals surface area (Å²) in [6.45, 7) is 1.13. The number of aliphatic hydroxyl groups is 1. The van der Waals surface area contributed by atoms with E-state index >= 15 is 0 Å².